The summed E-state index contributed by atoms with van der Waals surface area (Å²) in [6.45, 7) is 2.82. The minimum absolute atomic E-state index is 0.305. The van der Waals surface area contributed by atoms with E-state index in [9.17, 15) is 0 Å². The van der Waals surface area contributed by atoms with Crippen LogP contribution < -0.4 is 4.90 Å². The molecular formula is C21H19ClN4. The van der Waals surface area contributed by atoms with Crippen molar-refractivity contribution in [2.75, 3.05) is 24.5 Å². The lowest BCUT2D eigenvalue weighted by molar-refractivity contribution is 0.202. The molecule has 1 aromatic heterocycles. The average molecular weight is 363 g/mol. The Morgan fingerprint density at radius 3 is 2.88 bits per heavy atom. The van der Waals surface area contributed by atoms with Gasteiger partial charge in [-0.25, -0.2) is 4.98 Å². The summed E-state index contributed by atoms with van der Waals surface area (Å²) in [5.74, 6) is 7.62. The smallest absolute Gasteiger partial charge is 0.129 e. The van der Waals surface area contributed by atoms with Crippen molar-refractivity contribution in [2.24, 2.45) is 0 Å². The molecule has 2 saturated heterocycles. The number of hydrogen-bond donors (Lipinski definition) is 0. The summed E-state index contributed by atoms with van der Waals surface area (Å²) in [4.78, 5) is 9.25. The minimum Gasteiger partial charge on any atom is -0.354 e. The lowest BCUT2D eigenvalue weighted by Crippen LogP contribution is -2.52. The van der Waals surface area contributed by atoms with Crippen LogP contribution >= 0.6 is 11.6 Å². The van der Waals surface area contributed by atoms with Gasteiger partial charge in [0.15, 0.2) is 0 Å². The predicted molar refractivity (Wildman–Crippen MR) is 103 cm³/mol. The second-order valence-electron chi connectivity index (χ2n) is 6.73. The molecule has 4 rings (SSSR count). The van der Waals surface area contributed by atoms with Crippen LogP contribution in [0.3, 0.4) is 0 Å². The Balaban J connectivity index is 1.45. The first-order valence-electron chi connectivity index (χ1n) is 8.87. The molecule has 2 aromatic rings. The number of rotatable bonds is 1. The normalized spacial score (nSPS) is 22.2. The summed E-state index contributed by atoms with van der Waals surface area (Å²) in [5, 5.41) is 9.81. The van der Waals surface area contributed by atoms with E-state index < -0.39 is 0 Å². The maximum Gasteiger partial charge on any atom is 0.129 e. The van der Waals surface area contributed by atoms with E-state index in [1.165, 1.54) is 0 Å². The van der Waals surface area contributed by atoms with Crippen LogP contribution in [-0.2, 0) is 0 Å². The first-order chi connectivity index (χ1) is 12.7. The number of nitriles is 1. The van der Waals surface area contributed by atoms with E-state index in [0.717, 1.165) is 48.9 Å². The van der Waals surface area contributed by atoms with E-state index in [-0.39, 0.29) is 0 Å². The summed E-state index contributed by atoms with van der Waals surface area (Å²) in [6.07, 6.45) is 3.95. The number of pyridine rings is 1. The van der Waals surface area contributed by atoms with Gasteiger partial charge in [0.25, 0.3) is 0 Å². The number of fused-ring (bicyclic) bond motifs is 1. The predicted octanol–water partition coefficient (Wildman–Crippen LogP) is 3.31. The average Bonchev–Trinajstić information content (AvgIpc) is 3.09. The number of hydrogen-bond acceptors (Lipinski definition) is 4. The number of nitrogens with zero attached hydrogens (tertiary/aromatic N) is 4. The summed E-state index contributed by atoms with van der Waals surface area (Å²) >= 11 is 6.04. The van der Waals surface area contributed by atoms with Gasteiger partial charge in [0.2, 0.25) is 0 Å². The summed E-state index contributed by atoms with van der Waals surface area (Å²) in [5.41, 5.74) is 1.63. The first kappa shape index (κ1) is 16.9. The molecule has 26 heavy (non-hydrogen) atoms. The zero-order valence-electron chi connectivity index (χ0n) is 14.4. The Morgan fingerprint density at radius 1 is 1.12 bits per heavy atom. The highest BCUT2D eigenvalue weighted by Gasteiger charge is 2.36. The molecule has 0 spiro atoms. The standard InChI is InChI=1S/C21H19ClN4/c22-18-3-1-2-16(12-18)4-5-19-6-7-20-15-25(10-11-26(19)20)21-13-17(14-23)8-9-24-21/h1-3,8-9,12-13,19-20H,6-7,10-11,15H2/t19-,20+/m1/s1. The molecule has 5 heteroatoms. The van der Waals surface area contributed by atoms with Crippen LogP contribution in [-0.4, -0.2) is 41.6 Å². The van der Waals surface area contributed by atoms with Crippen LogP contribution in [0.15, 0.2) is 42.6 Å². The van der Waals surface area contributed by atoms with Crippen LogP contribution in [0, 0.1) is 23.2 Å². The molecule has 2 aliphatic rings. The van der Waals surface area contributed by atoms with Crippen molar-refractivity contribution in [2.45, 2.75) is 24.9 Å². The Bertz CT molecular complexity index is 908. The molecule has 0 N–H and O–H groups in total. The molecule has 2 aliphatic heterocycles. The Hall–Kier alpha value is -2.53. The molecule has 1 aromatic carbocycles. The fourth-order valence-electron chi connectivity index (χ4n) is 3.81. The molecule has 2 fully saturated rings. The van der Waals surface area contributed by atoms with Crippen molar-refractivity contribution in [3.05, 3.63) is 58.7 Å². The number of halogens is 1. The van der Waals surface area contributed by atoms with Crippen molar-refractivity contribution in [1.29, 1.82) is 5.26 Å². The van der Waals surface area contributed by atoms with Gasteiger partial charge in [-0.3, -0.25) is 4.90 Å². The van der Waals surface area contributed by atoms with Gasteiger partial charge in [-0.1, -0.05) is 29.5 Å². The second kappa shape index (κ2) is 7.38. The zero-order chi connectivity index (χ0) is 17.9. The monoisotopic (exact) mass is 362 g/mol. The van der Waals surface area contributed by atoms with E-state index in [1.807, 2.05) is 30.3 Å². The van der Waals surface area contributed by atoms with E-state index in [1.54, 1.807) is 12.3 Å². The number of piperazine rings is 1. The van der Waals surface area contributed by atoms with Crippen molar-refractivity contribution < 1.29 is 0 Å². The Kier molecular flexibility index (Phi) is 4.80. The van der Waals surface area contributed by atoms with Gasteiger partial charge in [0.05, 0.1) is 17.7 Å². The van der Waals surface area contributed by atoms with Gasteiger partial charge in [-0.05, 0) is 43.2 Å². The highest BCUT2D eigenvalue weighted by atomic mass is 35.5. The largest absolute Gasteiger partial charge is 0.354 e. The van der Waals surface area contributed by atoms with Gasteiger partial charge < -0.3 is 4.90 Å². The van der Waals surface area contributed by atoms with Crippen molar-refractivity contribution in [3.63, 3.8) is 0 Å². The van der Waals surface area contributed by atoms with E-state index in [2.05, 4.69) is 32.7 Å². The lowest BCUT2D eigenvalue weighted by atomic mass is 10.1. The van der Waals surface area contributed by atoms with E-state index >= 15 is 0 Å². The van der Waals surface area contributed by atoms with Gasteiger partial charge in [0.1, 0.15) is 5.82 Å². The molecule has 0 unspecified atom stereocenters. The summed E-state index contributed by atoms with van der Waals surface area (Å²) < 4.78 is 0. The molecule has 4 nitrogen and oxygen atoms in total. The van der Waals surface area contributed by atoms with Crippen LogP contribution in [0.2, 0.25) is 5.02 Å². The minimum atomic E-state index is 0.305. The summed E-state index contributed by atoms with van der Waals surface area (Å²) in [6, 6.07) is 14.3. The van der Waals surface area contributed by atoms with E-state index in [4.69, 9.17) is 16.9 Å². The van der Waals surface area contributed by atoms with Crippen LogP contribution in [0.1, 0.15) is 24.0 Å². The molecule has 0 aliphatic carbocycles. The fourth-order valence-corrected chi connectivity index (χ4v) is 4.00. The third kappa shape index (κ3) is 3.53. The highest BCUT2D eigenvalue weighted by molar-refractivity contribution is 6.30. The summed E-state index contributed by atoms with van der Waals surface area (Å²) in [7, 11) is 0. The van der Waals surface area contributed by atoms with Gasteiger partial charge in [0, 0.05) is 42.5 Å². The van der Waals surface area contributed by atoms with Gasteiger partial charge >= 0.3 is 0 Å². The molecule has 0 bridgehead atoms. The molecule has 130 valence electrons. The third-order valence-electron chi connectivity index (χ3n) is 5.11. The third-order valence-corrected chi connectivity index (χ3v) is 5.34. The highest BCUT2D eigenvalue weighted by Crippen LogP contribution is 2.29. The second-order valence-corrected chi connectivity index (χ2v) is 7.16. The molecular weight excluding hydrogens is 344 g/mol. The first-order valence-corrected chi connectivity index (χ1v) is 9.25. The maximum absolute atomic E-state index is 9.09. The molecule has 0 amide bonds. The van der Waals surface area contributed by atoms with Crippen molar-refractivity contribution in [1.82, 2.24) is 9.88 Å². The SMILES string of the molecule is N#Cc1ccnc(N2CCN3[C@@H](CC[C@H]3C#Cc3cccc(Cl)c3)C2)c1. The topological polar surface area (TPSA) is 43.2 Å². The zero-order valence-corrected chi connectivity index (χ0v) is 15.2. The molecule has 3 heterocycles. The quantitative estimate of drug-likeness (QED) is 0.730. The van der Waals surface area contributed by atoms with Gasteiger partial charge in [-0.2, -0.15) is 5.26 Å². The number of aromatic nitrogens is 1. The number of benzene rings is 1. The van der Waals surface area contributed by atoms with Crippen LogP contribution in [0.25, 0.3) is 0 Å². The van der Waals surface area contributed by atoms with Gasteiger partial charge in [-0.15, -0.1) is 0 Å². The lowest BCUT2D eigenvalue weighted by Gasteiger charge is -2.39. The van der Waals surface area contributed by atoms with Crippen molar-refractivity contribution >= 4 is 17.4 Å². The van der Waals surface area contributed by atoms with Crippen LogP contribution in [0.4, 0.5) is 5.82 Å². The van der Waals surface area contributed by atoms with Crippen molar-refractivity contribution in [3.8, 4) is 17.9 Å². The molecule has 2 atom stereocenters. The fraction of sp³-hybridized carbons (Fsp3) is 0.333. The Morgan fingerprint density at radius 2 is 2.04 bits per heavy atom. The maximum atomic E-state index is 9.09. The Labute approximate surface area is 159 Å². The number of anilines is 1. The van der Waals surface area contributed by atoms with E-state index in [0.29, 0.717) is 17.6 Å². The molecule has 0 radical (unpaired) electrons. The van der Waals surface area contributed by atoms with Crippen LogP contribution in [0.5, 0.6) is 0 Å². The molecule has 0 saturated carbocycles.